The molecule has 10 aromatic rings. The molecule has 0 atom stereocenters. The Bertz CT molecular complexity index is 2170. The van der Waals surface area contributed by atoms with Crippen molar-refractivity contribution in [3.05, 3.63) is 156 Å². The SMILES string of the molecule is Cc1ccc2[nH]ccc2c1.Cc1ccc2[nH]ncc2c1.Cc1ccc2cn[nH]c2c1.Cc1ccc2cnoc2c1.Cc1ccc2oncc2c1. The lowest BCUT2D eigenvalue weighted by Gasteiger charge is -1.90. The van der Waals surface area contributed by atoms with Gasteiger partial charge >= 0.3 is 0 Å². The van der Waals surface area contributed by atoms with E-state index in [9.17, 15) is 0 Å². The van der Waals surface area contributed by atoms with Crippen molar-refractivity contribution in [2.24, 2.45) is 0 Å². The lowest BCUT2D eigenvalue weighted by Crippen LogP contribution is -1.70. The van der Waals surface area contributed by atoms with E-state index < -0.39 is 0 Å². The maximum Gasteiger partial charge on any atom is 0.167 e. The highest BCUT2D eigenvalue weighted by Gasteiger charge is 1.97. The van der Waals surface area contributed by atoms with Crippen LogP contribution < -0.4 is 0 Å². The van der Waals surface area contributed by atoms with Crippen LogP contribution in [0.4, 0.5) is 0 Å². The van der Waals surface area contributed by atoms with Gasteiger partial charge in [-0.1, -0.05) is 63.4 Å². The van der Waals surface area contributed by atoms with Crippen molar-refractivity contribution in [2.75, 3.05) is 0 Å². The van der Waals surface area contributed by atoms with Gasteiger partial charge in [0.05, 0.1) is 35.8 Å². The van der Waals surface area contributed by atoms with Gasteiger partial charge in [0.1, 0.15) is 0 Å². The first-order valence-electron chi connectivity index (χ1n) is 16.3. The first-order valence-corrected chi connectivity index (χ1v) is 16.3. The van der Waals surface area contributed by atoms with Gasteiger partial charge < -0.3 is 14.0 Å². The second-order valence-electron chi connectivity index (χ2n) is 12.2. The van der Waals surface area contributed by atoms with E-state index in [1.165, 1.54) is 49.5 Å². The molecule has 0 aliphatic carbocycles. The molecule has 0 saturated carbocycles. The molecule has 9 nitrogen and oxygen atoms in total. The van der Waals surface area contributed by atoms with Gasteiger partial charge in [0, 0.05) is 33.3 Å². The Kier molecular flexibility index (Phi) is 10.4. The molecule has 0 radical (unpaired) electrons. The van der Waals surface area contributed by atoms with Crippen molar-refractivity contribution < 1.29 is 9.05 Å². The summed E-state index contributed by atoms with van der Waals surface area (Å²) < 4.78 is 9.87. The van der Waals surface area contributed by atoms with Crippen LogP contribution in [0.1, 0.15) is 27.8 Å². The molecule has 10 rings (SSSR count). The number of rotatable bonds is 0. The molecule has 50 heavy (non-hydrogen) atoms. The van der Waals surface area contributed by atoms with Crippen LogP contribution in [0.2, 0.25) is 0 Å². The summed E-state index contributed by atoms with van der Waals surface area (Å²) in [7, 11) is 0. The molecule has 5 aromatic heterocycles. The Morgan fingerprint density at radius 2 is 0.940 bits per heavy atom. The molecule has 0 aliphatic heterocycles. The summed E-state index contributed by atoms with van der Waals surface area (Å²) in [5.74, 6) is 0. The molecular weight excluding hydrogens is 622 g/mol. The number of nitrogens with one attached hydrogen (secondary N) is 3. The minimum atomic E-state index is 0.852. The monoisotopic (exact) mass is 661 g/mol. The van der Waals surface area contributed by atoms with Crippen molar-refractivity contribution in [1.82, 2.24) is 35.7 Å². The number of hydrogen-bond acceptors (Lipinski definition) is 6. The van der Waals surface area contributed by atoms with Crippen LogP contribution in [0.25, 0.3) is 54.6 Å². The minimum absolute atomic E-state index is 0.852. The molecule has 250 valence electrons. The molecule has 0 fully saturated rings. The zero-order valence-electron chi connectivity index (χ0n) is 28.7. The number of aromatic amines is 3. The van der Waals surface area contributed by atoms with E-state index >= 15 is 0 Å². The van der Waals surface area contributed by atoms with Gasteiger partial charge in [-0.3, -0.25) is 10.2 Å². The summed E-state index contributed by atoms with van der Waals surface area (Å²) in [6.07, 6.45) is 9.07. The van der Waals surface area contributed by atoms with Crippen LogP contribution in [0.15, 0.2) is 137 Å². The molecule has 3 N–H and O–H groups in total. The van der Waals surface area contributed by atoms with Crippen LogP contribution in [-0.2, 0) is 0 Å². The first kappa shape index (κ1) is 33.4. The van der Waals surface area contributed by atoms with Crippen molar-refractivity contribution in [3.8, 4) is 0 Å². The van der Waals surface area contributed by atoms with Gasteiger partial charge in [0.2, 0.25) is 0 Å². The average molecular weight is 662 g/mol. The zero-order valence-corrected chi connectivity index (χ0v) is 28.7. The van der Waals surface area contributed by atoms with E-state index in [0.717, 1.165) is 33.0 Å². The number of hydrogen-bond donors (Lipinski definition) is 3. The van der Waals surface area contributed by atoms with Crippen LogP contribution in [0, 0.1) is 34.6 Å². The highest BCUT2D eigenvalue weighted by atomic mass is 16.5. The maximum absolute atomic E-state index is 4.95. The number of aryl methyl sites for hydroxylation is 5. The minimum Gasteiger partial charge on any atom is -0.361 e. The van der Waals surface area contributed by atoms with Crippen LogP contribution >= 0.6 is 0 Å². The molecule has 0 amide bonds. The van der Waals surface area contributed by atoms with Gasteiger partial charge in [0.15, 0.2) is 11.2 Å². The fourth-order valence-corrected chi connectivity index (χ4v) is 5.24. The number of H-pyrrole nitrogens is 3. The summed E-state index contributed by atoms with van der Waals surface area (Å²) >= 11 is 0. The van der Waals surface area contributed by atoms with Gasteiger partial charge in [-0.25, -0.2) is 0 Å². The van der Waals surface area contributed by atoms with Crippen molar-refractivity contribution in [1.29, 1.82) is 0 Å². The van der Waals surface area contributed by atoms with Crippen molar-refractivity contribution in [2.45, 2.75) is 34.6 Å². The normalized spacial score (nSPS) is 10.5. The number of aromatic nitrogens is 7. The molecule has 5 aromatic carbocycles. The number of fused-ring (bicyclic) bond motifs is 5. The third kappa shape index (κ3) is 8.70. The van der Waals surface area contributed by atoms with E-state index in [0.29, 0.717) is 0 Å². The Balaban J connectivity index is 0.000000108. The second kappa shape index (κ2) is 15.6. The summed E-state index contributed by atoms with van der Waals surface area (Å²) in [6, 6.07) is 32.9. The van der Waals surface area contributed by atoms with Crippen LogP contribution in [-0.4, -0.2) is 35.7 Å². The topological polar surface area (TPSA) is 125 Å². The zero-order chi connectivity index (χ0) is 34.9. The third-order valence-electron chi connectivity index (χ3n) is 7.92. The summed E-state index contributed by atoms with van der Waals surface area (Å²) in [4.78, 5) is 3.15. The average Bonchev–Trinajstić information content (AvgIpc) is 3.96. The summed E-state index contributed by atoms with van der Waals surface area (Å²) in [5, 5.41) is 26.8. The van der Waals surface area contributed by atoms with E-state index in [1.807, 2.05) is 74.9 Å². The third-order valence-corrected chi connectivity index (χ3v) is 7.92. The largest absolute Gasteiger partial charge is 0.361 e. The van der Waals surface area contributed by atoms with E-state index in [4.69, 9.17) is 9.05 Å². The van der Waals surface area contributed by atoms with Gasteiger partial charge in [0.25, 0.3) is 0 Å². The lowest BCUT2D eigenvalue weighted by atomic mass is 10.2. The maximum atomic E-state index is 4.95. The fourth-order valence-electron chi connectivity index (χ4n) is 5.24. The molecule has 0 bridgehead atoms. The first-order chi connectivity index (χ1) is 24.3. The molecular formula is C41H39N7O2. The lowest BCUT2D eigenvalue weighted by molar-refractivity contribution is 0.456. The van der Waals surface area contributed by atoms with E-state index in [-0.39, 0.29) is 0 Å². The van der Waals surface area contributed by atoms with E-state index in [2.05, 4.69) is 111 Å². The van der Waals surface area contributed by atoms with Gasteiger partial charge in [-0.2, -0.15) is 10.2 Å². The van der Waals surface area contributed by atoms with Crippen molar-refractivity contribution in [3.63, 3.8) is 0 Å². The number of benzene rings is 5. The highest BCUT2D eigenvalue weighted by molar-refractivity contribution is 5.80. The Hall–Kier alpha value is -6.48. The highest BCUT2D eigenvalue weighted by Crippen LogP contribution is 2.16. The summed E-state index contributed by atoms with van der Waals surface area (Å²) in [6.45, 7) is 10.3. The predicted molar refractivity (Wildman–Crippen MR) is 202 cm³/mol. The molecule has 9 heteroatoms. The standard InChI is InChI=1S/C9H9N.2C8H8N2.2C8H7NO/c1-7-2-3-9-8(6-7)4-5-10-9;1-6-2-3-8-7(4-6)5-9-10-8;1-6-2-3-7-5-9-10-8(7)4-6;1-6-2-3-8-7(4-6)5-9-10-8;1-6-2-3-7-5-9-10-8(7)4-6/h2-6,10H,1H3;2*2-5H,1H3,(H,9,10);2*2-5H,1H3. The Labute approximate surface area is 289 Å². The van der Waals surface area contributed by atoms with Gasteiger partial charge in [-0.05, 0) is 112 Å². The molecule has 5 heterocycles. The number of nitrogens with zero attached hydrogens (tertiary/aromatic N) is 4. The fraction of sp³-hybridized carbons (Fsp3) is 0.122. The van der Waals surface area contributed by atoms with Crippen LogP contribution in [0.3, 0.4) is 0 Å². The second-order valence-corrected chi connectivity index (χ2v) is 12.2. The molecule has 0 aliphatic rings. The molecule has 0 spiro atoms. The quantitative estimate of drug-likeness (QED) is 0.148. The predicted octanol–water partition coefficient (Wildman–Crippen LogP) is 10.5. The van der Waals surface area contributed by atoms with Crippen molar-refractivity contribution >= 4 is 54.6 Å². The smallest absolute Gasteiger partial charge is 0.167 e. The van der Waals surface area contributed by atoms with Crippen LogP contribution in [0.5, 0.6) is 0 Å². The Morgan fingerprint density at radius 1 is 0.400 bits per heavy atom. The molecule has 0 saturated heterocycles. The summed E-state index contributed by atoms with van der Waals surface area (Å²) in [5.41, 5.74) is 11.4. The Morgan fingerprint density at radius 3 is 1.72 bits per heavy atom. The van der Waals surface area contributed by atoms with Gasteiger partial charge in [-0.15, -0.1) is 0 Å². The molecule has 0 unspecified atom stereocenters. The van der Waals surface area contributed by atoms with E-state index in [1.54, 1.807) is 12.4 Å².